The first kappa shape index (κ1) is 19.4. The Labute approximate surface area is 206 Å². The fourth-order valence-electron chi connectivity index (χ4n) is 5.79. The quantitative estimate of drug-likeness (QED) is 0.264. The highest BCUT2D eigenvalue weighted by molar-refractivity contribution is 6.25. The number of hydrogen-bond acceptors (Lipinski definition) is 2. The van der Waals surface area contributed by atoms with Crippen LogP contribution in [0.4, 0.5) is 0 Å². The van der Waals surface area contributed by atoms with Gasteiger partial charge in [0.1, 0.15) is 6.33 Å². The predicted octanol–water partition coefficient (Wildman–Crippen LogP) is 7.82. The molecule has 8 rings (SSSR count). The van der Waals surface area contributed by atoms with Crippen LogP contribution in [0.15, 0.2) is 122 Å². The zero-order chi connectivity index (χ0) is 23.6. The Morgan fingerprint density at radius 3 is 2.00 bits per heavy atom. The minimum Gasteiger partial charge on any atom is -0.309 e. The fraction of sp³-hybridized carbons (Fsp3) is 0. The van der Waals surface area contributed by atoms with Gasteiger partial charge in [0.15, 0.2) is 0 Å². The molecular weight excluding hydrogens is 440 g/mol. The van der Waals surface area contributed by atoms with Crippen LogP contribution >= 0.6 is 0 Å². The molecule has 0 fully saturated rings. The monoisotopic (exact) mass is 460 g/mol. The third-order valence-electron chi connectivity index (χ3n) is 7.27. The molecule has 3 heterocycles. The van der Waals surface area contributed by atoms with Gasteiger partial charge in [-0.25, -0.2) is 9.97 Å². The van der Waals surface area contributed by atoms with Crippen molar-refractivity contribution in [2.24, 2.45) is 0 Å². The molecule has 0 spiro atoms. The van der Waals surface area contributed by atoms with Crippen LogP contribution in [0.3, 0.4) is 0 Å². The summed E-state index contributed by atoms with van der Waals surface area (Å²) in [6.07, 6.45) is 5.33. The first-order valence-electron chi connectivity index (χ1n) is 12.1. The van der Waals surface area contributed by atoms with Gasteiger partial charge in [-0.2, -0.15) is 0 Å². The Morgan fingerprint density at radius 2 is 1.14 bits per heavy atom. The van der Waals surface area contributed by atoms with E-state index in [1.54, 1.807) is 6.33 Å². The van der Waals surface area contributed by atoms with E-state index in [4.69, 9.17) is 0 Å². The van der Waals surface area contributed by atoms with E-state index in [0.717, 1.165) is 22.4 Å². The smallest absolute Gasteiger partial charge is 0.115 e. The minimum atomic E-state index is 0.955. The summed E-state index contributed by atoms with van der Waals surface area (Å²) in [5, 5.41) is 7.51. The maximum Gasteiger partial charge on any atom is 0.115 e. The third kappa shape index (κ3) is 2.58. The summed E-state index contributed by atoms with van der Waals surface area (Å²) in [5.74, 6) is 0. The summed E-state index contributed by atoms with van der Waals surface area (Å²) >= 11 is 0. The van der Waals surface area contributed by atoms with Gasteiger partial charge in [-0.3, -0.25) is 0 Å². The number of nitrogens with zero attached hydrogens (tertiary/aromatic N) is 4. The van der Waals surface area contributed by atoms with E-state index in [9.17, 15) is 0 Å². The number of fused-ring (bicyclic) bond motifs is 8. The molecule has 0 saturated carbocycles. The number of rotatable bonds is 2. The molecule has 0 aliphatic rings. The lowest BCUT2D eigenvalue weighted by atomic mass is 10.0. The van der Waals surface area contributed by atoms with Gasteiger partial charge in [0.2, 0.25) is 0 Å². The second kappa shape index (κ2) is 7.27. The number of hydrogen-bond donors (Lipinski definition) is 0. The molecule has 0 radical (unpaired) electrons. The maximum atomic E-state index is 4.31. The lowest BCUT2D eigenvalue weighted by molar-refractivity contribution is 1.07. The first-order chi connectivity index (χ1) is 17.9. The molecule has 0 bridgehead atoms. The summed E-state index contributed by atoms with van der Waals surface area (Å²) in [7, 11) is 0. The third-order valence-corrected chi connectivity index (χ3v) is 7.27. The van der Waals surface area contributed by atoms with Gasteiger partial charge >= 0.3 is 0 Å². The van der Waals surface area contributed by atoms with Gasteiger partial charge < -0.3 is 9.13 Å². The molecule has 4 heteroatoms. The molecule has 0 unspecified atom stereocenters. The van der Waals surface area contributed by atoms with Crippen LogP contribution < -0.4 is 0 Å². The largest absolute Gasteiger partial charge is 0.309 e. The van der Waals surface area contributed by atoms with Gasteiger partial charge in [0, 0.05) is 27.2 Å². The van der Waals surface area contributed by atoms with E-state index in [1.165, 1.54) is 43.4 Å². The van der Waals surface area contributed by atoms with Crippen molar-refractivity contribution in [2.45, 2.75) is 0 Å². The molecule has 8 aromatic rings. The molecule has 0 saturated heterocycles. The lowest BCUT2D eigenvalue weighted by Crippen LogP contribution is -1.96. The summed E-state index contributed by atoms with van der Waals surface area (Å²) in [6, 6.07) is 37.1. The molecule has 5 aromatic carbocycles. The van der Waals surface area contributed by atoms with Gasteiger partial charge in [-0.05, 0) is 47.2 Å². The van der Waals surface area contributed by atoms with E-state index >= 15 is 0 Å². The lowest BCUT2D eigenvalue weighted by Gasteiger charge is -2.09. The van der Waals surface area contributed by atoms with Crippen molar-refractivity contribution in [3.05, 3.63) is 122 Å². The summed E-state index contributed by atoms with van der Waals surface area (Å²) in [5.41, 5.74) is 6.79. The van der Waals surface area contributed by atoms with Crippen LogP contribution in [0.2, 0.25) is 0 Å². The average Bonchev–Trinajstić information content (AvgIpc) is 3.45. The van der Waals surface area contributed by atoms with Crippen LogP contribution in [-0.2, 0) is 0 Å². The van der Waals surface area contributed by atoms with Crippen LogP contribution in [-0.4, -0.2) is 19.1 Å². The molecule has 3 aromatic heterocycles. The second-order valence-electron chi connectivity index (χ2n) is 9.19. The van der Waals surface area contributed by atoms with Crippen molar-refractivity contribution in [3.63, 3.8) is 0 Å². The number of benzene rings is 5. The number of aromatic nitrogens is 4. The van der Waals surface area contributed by atoms with Gasteiger partial charge in [-0.15, -0.1) is 0 Å². The molecule has 4 nitrogen and oxygen atoms in total. The summed E-state index contributed by atoms with van der Waals surface area (Å²) < 4.78 is 4.66. The van der Waals surface area contributed by atoms with Crippen molar-refractivity contribution in [1.82, 2.24) is 19.1 Å². The molecule has 0 aliphatic carbocycles. The van der Waals surface area contributed by atoms with E-state index in [-0.39, 0.29) is 0 Å². The van der Waals surface area contributed by atoms with Crippen molar-refractivity contribution in [3.8, 4) is 11.4 Å². The SMILES string of the molecule is c1ccc(-n2c3cc4c(cc3c3c5ccccc5ccc32)c2ccccc2n4-c2cncnc2)cc1. The maximum absolute atomic E-state index is 4.31. The van der Waals surface area contributed by atoms with Gasteiger partial charge in [0.05, 0.1) is 40.1 Å². The zero-order valence-electron chi connectivity index (χ0n) is 19.3. The molecule has 0 N–H and O–H groups in total. The molecule has 0 aliphatic heterocycles. The highest BCUT2D eigenvalue weighted by Crippen LogP contribution is 2.41. The van der Waals surface area contributed by atoms with Crippen LogP contribution in [0.25, 0.3) is 65.8 Å². The van der Waals surface area contributed by atoms with Crippen LogP contribution in [0.5, 0.6) is 0 Å². The topological polar surface area (TPSA) is 35.6 Å². The standard InChI is InChI=1S/C32H20N4/c1-2-9-22(10-3-1)35-29-15-14-21-8-4-5-11-24(21)32(29)27-16-26-25-12-6-7-13-28(25)36(30(26)17-31(27)35)23-18-33-20-34-19-23/h1-20H. The van der Waals surface area contributed by atoms with E-state index in [1.807, 2.05) is 12.4 Å². The highest BCUT2D eigenvalue weighted by atomic mass is 15.0. The Bertz CT molecular complexity index is 2080. The first-order valence-corrected chi connectivity index (χ1v) is 12.1. The van der Waals surface area contributed by atoms with E-state index in [2.05, 4.69) is 122 Å². The van der Waals surface area contributed by atoms with Crippen molar-refractivity contribution in [2.75, 3.05) is 0 Å². The summed E-state index contributed by atoms with van der Waals surface area (Å²) in [6.45, 7) is 0. The fourth-order valence-corrected chi connectivity index (χ4v) is 5.79. The predicted molar refractivity (Wildman–Crippen MR) is 148 cm³/mol. The minimum absolute atomic E-state index is 0.955. The Hall–Kier alpha value is -4.96. The highest BCUT2D eigenvalue weighted by Gasteiger charge is 2.19. The Balaban J connectivity index is 1.64. The van der Waals surface area contributed by atoms with Crippen LogP contribution in [0.1, 0.15) is 0 Å². The second-order valence-corrected chi connectivity index (χ2v) is 9.19. The molecule has 0 atom stereocenters. The van der Waals surface area contributed by atoms with E-state index < -0.39 is 0 Å². The normalized spacial score (nSPS) is 11.9. The van der Waals surface area contributed by atoms with Crippen molar-refractivity contribution >= 4 is 54.4 Å². The number of para-hydroxylation sites is 2. The van der Waals surface area contributed by atoms with Gasteiger partial charge in [-0.1, -0.05) is 66.7 Å². The average molecular weight is 461 g/mol. The summed E-state index contributed by atoms with van der Waals surface area (Å²) in [4.78, 5) is 8.63. The molecular formula is C32H20N4. The zero-order valence-corrected chi connectivity index (χ0v) is 19.3. The van der Waals surface area contributed by atoms with Crippen molar-refractivity contribution in [1.29, 1.82) is 0 Å². The van der Waals surface area contributed by atoms with Crippen molar-refractivity contribution < 1.29 is 0 Å². The molecule has 168 valence electrons. The molecule has 0 amide bonds. The molecule has 36 heavy (non-hydrogen) atoms. The Kier molecular flexibility index (Phi) is 3.91. The van der Waals surface area contributed by atoms with E-state index in [0.29, 0.717) is 0 Å². The van der Waals surface area contributed by atoms with Gasteiger partial charge in [0.25, 0.3) is 0 Å². The Morgan fingerprint density at radius 1 is 0.444 bits per heavy atom. The van der Waals surface area contributed by atoms with Crippen LogP contribution in [0, 0.1) is 0 Å².